The lowest BCUT2D eigenvalue weighted by Gasteiger charge is -2.10. The average Bonchev–Trinajstić information content (AvgIpc) is 2.85. The van der Waals surface area contributed by atoms with Crippen molar-refractivity contribution in [1.82, 2.24) is 0 Å². The average molecular weight is 502 g/mol. The number of esters is 1. The summed E-state index contributed by atoms with van der Waals surface area (Å²) in [5.74, 6) is 1.83. The molecule has 164 valence electrons. The fourth-order valence-corrected chi connectivity index (χ4v) is 3.23. The molecule has 0 unspecified atom stereocenters. The third-order valence-corrected chi connectivity index (χ3v) is 5.18. The smallest absolute Gasteiger partial charge is 0.343 e. The van der Waals surface area contributed by atoms with Gasteiger partial charge in [0.15, 0.2) is 11.5 Å². The van der Waals surface area contributed by atoms with E-state index in [0.29, 0.717) is 17.1 Å². The van der Waals surface area contributed by atoms with Crippen molar-refractivity contribution >= 4 is 33.8 Å². The van der Waals surface area contributed by atoms with Gasteiger partial charge in [-0.1, -0.05) is 34.1 Å². The van der Waals surface area contributed by atoms with Crippen molar-refractivity contribution in [3.63, 3.8) is 0 Å². The van der Waals surface area contributed by atoms with E-state index in [4.69, 9.17) is 14.2 Å². The lowest BCUT2D eigenvalue weighted by Crippen LogP contribution is -2.09. The van der Waals surface area contributed by atoms with E-state index < -0.39 is 5.97 Å². The number of halogens is 1. The summed E-state index contributed by atoms with van der Waals surface area (Å²) in [5.41, 5.74) is 2.03. The molecule has 4 aromatic rings. The Morgan fingerprint density at radius 2 is 1.52 bits per heavy atom. The summed E-state index contributed by atoms with van der Waals surface area (Å²) >= 11 is 3.35. The monoisotopic (exact) mass is 501 g/mol. The highest BCUT2D eigenvalue weighted by atomic mass is 79.9. The van der Waals surface area contributed by atoms with Crippen molar-refractivity contribution in [3.05, 3.63) is 113 Å². The van der Waals surface area contributed by atoms with Gasteiger partial charge in [-0.05, 0) is 84.4 Å². The van der Waals surface area contributed by atoms with E-state index in [9.17, 15) is 4.79 Å². The highest BCUT2D eigenvalue weighted by Gasteiger charge is 2.12. The minimum absolute atomic E-state index is 0.338. The quantitative estimate of drug-likeness (QED) is 0.152. The SMILES string of the molecule is COc1cc(C=Nc2ccc(Oc3ccccc3)cc2)ccc1OC(=O)c1ccc(Br)cc1. The minimum Gasteiger partial charge on any atom is -0.493 e. The second kappa shape index (κ2) is 10.6. The summed E-state index contributed by atoms with van der Waals surface area (Å²) in [6, 6.07) is 29.3. The van der Waals surface area contributed by atoms with E-state index in [2.05, 4.69) is 20.9 Å². The number of aliphatic imine (C=N–C) groups is 1. The first kappa shape index (κ1) is 22.3. The van der Waals surface area contributed by atoms with Gasteiger partial charge in [-0.2, -0.15) is 0 Å². The molecule has 0 atom stereocenters. The minimum atomic E-state index is -0.458. The third-order valence-electron chi connectivity index (χ3n) is 4.65. The topological polar surface area (TPSA) is 57.1 Å². The summed E-state index contributed by atoms with van der Waals surface area (Å²) in [5, 5.41) is 0. The zero-order valence-electron chi connectivity index (χ0n) is 17.8. The molecule has 0 aromatic heterocycles. The fourth-order valence-electron chi connectivity index (χ4n) is 2.97. The number of nitrogens with zero attached hydrogens (tertiary/aromatic N) is 1. The Labute approximate surface area is 200 Å². The van der Waals surface area contributed by atoms with Gasteiger partial charge < -0.3 is 14.2 Å². The first-order chi connectivity index (χ1) is 16.1. The van der Waals surface area contributed by atoms with Crippen LogP contribution in [0.4, 0.5) is 5.69 Å². The number of carbonyl (C=O) groups is 1. The zero-order chi connectivity index (χ0) is 23.0. The summed E-state index contributed by atoms with van der Waals surface area (Å²) < 4.78 is 17.6. The standard InChI is InChI=1S/C27H20BrNO4/c1-31-26-17-19(7-16-25(26)33-27(30)20-8-10-21(28)11-9-20)18-29-22-12-14-24(15-13-22)32-23-5-3-2-4-6-23/h2-18H,1H3. The van der Waals surface area contributed by atoms with Crippen molar-refractivity contribution < 1.29 is 19.0 Å². The first-order valence-corrected chi connectivity index (χ1v) is 10.9. The number of carbonyl (C=O) groups excluding carboxylic acids is 1. The van der Waals surface area contributed by atoms with Crippen LogP contribution in [0.2, 0.25) is 0 Å². The van der Waals surface area contributed by atoms with Crippen LogP contribution in [-0.2, 0) is 0 Å². The van der Waals surface area contributed by atoms with Gasteiger partial charge in [-0.15, -0.1) is 0 Å². The van der Waals surface area contributed by atoms with Crippen LogP contribution in [0.25, 0.3) is 0 Å². The maximum atomic E-state index is 12.4. The maximum Gasteiger partial charge on any atom is 0.343 e. The van der Waals surface area contributed by atoms with Crippen molar-refractivity contribution in [2.75, 3.05) is 7.11 Å². The Balaban J connectivity index is 1.43. The Bertz CT molecular complexity index is 1250. The lowest BCUT2D eigenvalue weighted by atomic mass is 10.2. The summed E-state index contributed by atoms with van der Waals surface area (Å²) in [6.07, 6.45) is 1.72. The molecule has 0 bridgehead atoms. The van der Waals surface area contributed by atoms with Crippen LogP contribution in [0.3, 0.4) is 0 Å². The Morgan fingerprint density at radius 1 is 0.818 bits per heavy atom. The highest BCUT2D eigenvalue weighted by molar-refractivity contribution is 9.10. The van der Waals surface area contributed by atoms with Gasteiger partial charge in [0.05, 0.1) is 18.4 Å². The number of hydrogen-bond donors (Lipinski definition) is 0. The second-order valence-electron chi connectivity index (χ2n) is 6.97. The molecule has 4 aromatic carbocycles. The molecule has 0 N–H and O–H groups in total. The van der Waals surface area contributed by atoms with E-state index in [-0.39, 0.29) is 0 Å². The molecule has 0 amide bonds. The number of benzene rings is 4. The van der Waals surface area contributed by atoms with Crippen LogP contribution in [0.1, 0.15) is 15.9 Å². The van der Waals surface area contributed by atoms with E-state index in [0.717, 1.165) is 27.2 Å². The number of rotatable bonds is 7. The molecule has 5 nitrogen and oxygen atoms in total. The number of para-hydroxylation sites is 1. The molecule has 0 aliphatic rings. The summed E-state index contributed by atoms with van der Waals surface area (Å²) in [7, 11) is 1.53. The van der Waals surface area contributed by atoms with Gasteiger partial charge in [-0.3, -0.25) is 4.99 Å². The molecule has 0 spiro atoms. The summed E-state index contributed by atoms with van der Waals surface area (Å²) in [4.78, 5) is 16.9. The Kier molecular flexibility index (Phi) is 7.17. The molecular formula is C27H20BrNO4. The molecule has 0 aliphatic carbocycles. The highest BCUT2D eigenvalue weighted by Crippen LogP contribution is 2.29. The molecule has 0 radical (unpaired) electrons. The largest absolute Gasteiger partial charge is 0.493 e. The van der Waals surface area contributed by atoms with E-state index in [1.807, 2.05) is 60.7 Å². The van der Waals surface area contributed by atoms with Gasteiger partial charge in [-0.25, -0.2) is 4.79 Å². The lowest BCUT2D eigenvalue weighted by molar-refractivity contribution is 0.0729. The van der Waals surface area contributed by atoms with Crippen LogP contribution in [-0.4, -0.2) is 19.3 Å². The van der Waals surface area contributed by atoms with Gasteiger partial charge in [0, 0.05) is 10.7 Å². The number of ether oxygens (including phenoxy) is 3. The molecular weight excluding hydrogens is 482 g/mol. The normalized spacial score (nSPS) is 10.7. The van der Waals surface area contributed by atoms with Crippen molar-refractivity contribution in [2.45, 2.75) is 0 Å². The zero-order valence-corrected chi connectivity index (χ0v) is 19.4. The first-order valence-electron chi connectivity index (χ1n) is 10.1. The second-order valence-corrected chi connectivity index (χ2v) is 7.89. The fraction of sp³-hybridized carbons (Fsp3) is 0.0370. The van der Waals surface area contributed by atoms with E-state index >= 15 is 0 Å². The number of methoxy groups -OCH3 is 1. The van der Waals surface area contributed by atoms with Crippen molar-refractivity contribution in [3.8, 4) is 23.0 Å². The van der Waals surface area contributed by atoms with Crippen molar-refractivity contribution in [2.24, 2.45) is 4.99 Å². The van der Waals surface area contributed by atoms with Gasteiger partial charge in [0.1, 0.15) is 11.5 Å². The van der Waals surface area contributed by atoms with Gasteiger partial charge >= 0.3 is 5.97 Å². The third kappa shape index (κ3) is 6.08. The molecule has 0 saturated carbocycles. The predicted octanol–water partition coefficient (Wildman–Crippen LogP) is 7.22. The van der Waals surface area contributed by atoms with Crippen molar-refractivity contribution in [1.29, 1.82) is 0 Å². The van der Waals surface area contributed by atoms with Crippen LogP contribution in [0.15, 0.2) is 107 Å². The Hall–Kier alpha value is -3.90. The van der Waals surface area contributed by atoms with Crippen LogP contribution < -0.4 is 14.2 Å². The van der Waals surface area contributed by atoms with Gasteiger partial charge in [0.2, 0.25) is 0 Å². The molecule has 0 aliphatic heterocycles. The predicted molar refractivity (Wildman–Crippen MR) is 132 cm³/mol. The van der Waals surface area contributed by atoms with Crippen LogP contribution >= 0.6 is 15.9 Å². The summed E-state index contributed by atoms with van der Waals surface area (Å²) in [6.45, 7) is 0. The van der Waals surface area contributed by atoms with Crippen LogP contribution in [0.5, 0.6) is 23.0 Å². The van der Waals surface area contributed by atoms with E-state index in [1.165, 1.54) is 7.11 Å². The Morgan fingerprint density at radius 3 is 2.21 bits per heavy atom. The number of hydrogen-bond acceptors (Lipinski definition) is 5. The molecule has 0 heterocycles. The molecule has 33 heavy (non-hydrogen) atoms. The van der Waals surface area contributed by atoms with E-state index in [1.54, 1.807) is 42.6 Å². The molecule has 6 heteroatoms. The van der Waals surface area contributed by atoms with Gasteiger partial charge in [0.25, 0.3) is 0 Å². The van der Waals surface area contributed by atoms with Crippen LogP contribution in [0, 0.1) is 0 Å². The molecule has 0 saturated heterocycles. The maximum absolute atomic E-state index is 12.4. The molecule has 4 rings (SSSR count). The molecule has 0 fully saturated rings.